The number of nitrogens with zero attached hydrogens (tertiary/aromatic N) is 4. The monoisotopic (exact) mass is 424 g/mol. The standard InChI is InChI=1S/C19H16ClF3N4O2/c1-3-18(27(25-2)17-9-13(10-24)6-7-26-17)28-11-14-4-5-15(20)16(8-14)29-12-19(21,22)23/h3-9H,2,11-12H2,1H3/b18-3+. The summed E-state index contributed by atoms with van der Waals surface area (Å²) in [6, 6.07) is 9.42. The van der Waals surface area contributed by atoms with E-state index in [0.29, 0.717) is 16.9 Å². The van der Waals surface area contributed by atoms with E-state index in [-0.39, 0.29) is 23.3 Å². The molecule has 1 aromatic carbocycles. The summed E-state index contributed by atoms with van der Waals surface area (Å²) in [7, 11) is 0. The molecule has 0 fully saturated rings. The van der Waals surface area contributed by atoms with E-state index in [1.54, 1.807) is 19.1 Å². The van der Waals surface area contributed by atoms with Gasteiger partial charge in [-0.15, -0.1) is 0 Å². The second kappa shape index (κ2) is 9.80. The number of hydrogen-bond acceptors (Lipinski definition) is 6. The van der Waals surface area contributed by atoms with Gasteiger partial charge in [-0.3, -0.25) is 0 Å². The highest BCUT2D eigenvalue weighted by Crippen LogP contribution is 2.28. The van der Waals surface area contributed by atoms with Gasteiger partial charge >= 0.3 is 6.18 Å². The zero-order chi connectivity index (χ0) is 21.4. The van der Waals surface area contributed by atoms with Crippen LogP contribution in [0.25, 0.3) is 0 Å². The van der Waals surface area contributed by atoms with Gasteiger partial charge < -0.3 is 9.47 Å². The molecule has 2 rings (SSSR count). The Kier molecular flexibility index (Phi) is 7.45. The van der Waals surface area contributed by atoms with Gasteiger partial charge in [0.25, 0.3) is 0 Å². The number of hydrazone groups is 1. The van der Waals surface area contributed by atoms with Crippen LogP contribution in [0, 0.1) is 11.3 Å². The average molecular weight is 425 g/mol. The zero-order valence-corrected chi connectivity index (χ0v) is 16.0. The maximum Gasteiger partial charge on any atom is 0.422 e. The number of nitriles is 1. The van der Waals surface area contributed by atoms with Crippen molar-refractivity contribution in [1.29, 1.82) is 5.26 Å². The van der Waals surface area contributed by atoms with Gasteiger partial charge in [-0.2, -0.15) is 28.5 Å². The number of allylic oxidation sites excluding steroid dienone is 1. The Morgan fingerprint density at radius 3 is 2.76 bits per heavy atom. The number of ether oxygens (including phenoxy) is 2. The molecule has 0 aliphatic carbocycles. The fourth-order valence-electron chi connectivity index (χ4n) is 2.19. The Hall–Kier alpha value is -3.25. The molecule has 0 N–H and O–H groups in total. The van der Waals surface area contributed by atoms with Crippen molar-refractivity contribution in [3.63, 3.8) is 0 Å². The molecule has 0 radical (unpaired) electrons. The molecule has 152 valence electrons. The molecule has 0 saturated heterocycles. The van der Waals surface area contributed by atoms with E-state index in [2.05, 4.69) is 16.8 Å². The molecular weight excluding hydrogens is 409 g/mol. The molecule has 10 heteroatoms. The first-order valence-electron chi connectivity index (χ1n) is 8.17. The van der Waals surface area contributed by atoms with Crippen LogP contribution in [-0.2, 0) is 11.3 Å². The van der Waals surface area contributed by atoms with Gasteiger partial charge in [0.2, 0.25) is 5.88 Å². The molecule has 0 aliphatic heterocycles. The van der Waals surface area contributed by atoms with Crippen molar-refractivity contribution in [3.8, 4) is 11.8 Å². The lowest BCUT2D eigenvalue weighted by Crippen LogP contribution is -2.19. The number of rotatable bonds is 8. The van der Waals surface area contributed by atoms with E-state index in [9.17, 15) is 13.2 Å². The molecule has 0 spiro atoms. The number of pyridine rings is 1. The summed E-state index contributed by atoms with van der Waals surface area (Å²) in [5.41, 5.74) is 0.900. The number of hydrogen-bond donors (Lipinski definition) is 0. The second-order valence-electron chi connectivity index (χ2n) is 5.55. The highest BCUT2D eigenvalue weighted by atomic mass is 35.5. The van der Waals surface area contributed by atoms with E-state index < -0.39 is 12.8 Å². The maximum atomic E-state index is 12.4. The second-order valence-corrected chi connectivity index (χ2v) is 5.96. The molecular formula is C19H16ClF3N4O2. The summed E-state index contributed by atoms with van der Waals surface area (Å²) >= 11 is 5.89. The largest absolute Gasteiger partial charge is 0.483 e. The van der Waals surface area contributed by atoms with Crippen molar-refractivity contribution in [3.05, 3.63) is 64.6 Å². The Balaban J connectivity index is 2.14. The van der Waals surface area contributed by atoms with Crippen LogP contribution in [0.2, 0.25) is 5.02 Å². The third-order valence-electron chi connectivity index (χ3n) is 3.46. The van der Waals surface area contributed by atoms with Gasteiger partial charge in [-0.1, -0.05) is 17.7 Å². The van der Waals surface area contributed by atoms with Crippen LogP contribution >= 0.6 is 11.6 Å². The molecule has 0 bridgehead atoms. The van der Waals surface area contributed by atoms with Gasteiger partial charge in [-0.25, -0.2) is 4.98 Å². The lowest BCUT2D eigenvalue weighted by molar-refractivity contribution is -0.153. The number of halogens is 4. The lowest BCUT2D eigenvalue weighted by Gasteiger charge is -2.21. The summed E-state index contributed by atoms with van der Waals surface area (Å²) in [6.07, 6.45) is -1.43. The van der Waals surface area contributed by atoms with Crippen LogP contribution in [0.1, 0.15) is 18.1 Å². The molecule has 0 saturated carbocycles. The topological polar surface area (TPSA) is 70.7 Å². The molecule has 6 nitrogen and oxygen atoms in total. The third kappa shape index (κ3) is 6.40. The van der Waals surface area contributed by atoms with Crippen LogP contribution in [0.3, 0.4) is 0 Å². The van der Waals surface area contributed by atoms with Gasteiger partial charge in [-0.05, 0) is 36.8 Å². The van der Waals surface area contributed by atoms with Crippen LogP contribution in [0.15, 0.2) is 53.6 Å². The Morgan fingerprint density at radius 1 is 1.38 bits per heavy atom. The van der Waals surface area contributed by atoms with E-state index in [0.717, 1.165) is 0 Å². The maximum absolute atomic E-state index is 12.4. The number of aromatic nitrogens is 1. The van der Waals surface area contributed by atoms with Gasteiger partial charge in [0, 0.05) is 19.0 Å². The Bertz CT molecular complexity index is 942. The van der Waals surface area contributed by atoms with Crippen LogP contribution in [-0.4, -0.2) is 24.5 Å². The summed E-state index contributed by atoms with van der Waals surface area (Å²) in [6.45, 7) is 3.71. The van der Waals surface area contributed by atoms with E-state index in [1.807, 2.05) is 6.07 Å². The third-order valence-corrected chi connectivity index (χ3v) is 3.77. The molecule has 0 aliphatic rings. The highest BCUT2D eigenvalue weighted by molar-refractivity contribution is 6.32. The normalized spacial score (nSPS) is 11.5. The lowest BCUT2D eigenvalue weighted by atomic mass is 10.2. The smallest absolute Gasteiger partial charge is 0.422 e. The summed E-state index contributed by atoms with van der Waals surface area (Å²) in [5, 5.41) is 14.2. The summed E-state index contributed by atoms with van der Waals surface area (Å²) in [4.78, 5) is 4.13. The Morgan fingerprint density at radius 2 is 2.14 bits per heavy atom. The fraction of sp³-hybridized carbons (Fsp3) is 0.211. The minimum Gasteiger partial charge on any atom is -0.483 e. The molecule has 0 atom stereocenters. The SMILES string of the molecule is C=NN(/C(=C\C)OCc1ccc(Cl)c(OCC(F)(F)F)c1)c1cc(C#N)ccn1. The van der Waals surface area contributed by atoms with E-state index >= 15 is 0 Å². The molecule has 29 heavy (non-hydrogen) atoms. The van der Waals surface area contributed by atoms with Crippen molar-refractivity contribution in [2.45, 2.75) is 19.7 Å². The van der Waals surface area contributed by atoms with Crippen molar-refractivity contribution in [2.24, 2.45) is 5.10 Å². The predicted octanol–water partition coefficient (Wildman–Crippen LogP) is 5.05. The molecule has 1 heterocycles. The molecule has 2 aromatic rings. The van der Waals surface area contributed by atoms with Crippen molar-refractivity contribution in [1.82, 2.24) is 4.98 Å². The van der Waals surface area contributed by atoms with Crippen molar-refractivity contribution < 1.29 is 22.6 Å². The first kappa shape index (κ1) is 22.0. The van der Waals surface area contributed by atoms with E-state index in [4.69, 9.17) is 26.3 Å². The Labute approximate surface area is 170 Å². The predicted molar refractivity (Wildman–Crippen MR) is 103 cm³/mol. The summed E-state index contributed by atoms with van der Waals surface area (Å²) in [5.74, 6) is 0.474. The number of anilines is 1. The fourth-order valence-corrected chi connectivity index (χ4v) is 2.36. The minimum atomic E-state index is -4.48. The van der Waals surface area contributed by atoms with Gasteiger partial charge in [0.15, 0.2) is 12.4 Å². The van der Waals surface area contributed by atoms with Crippen LogP contribution in [0.5, 0.6) is 5.75 Å². The molecule has 1 aromatic heterocycles. The quantitative estimate of drug-likeness (QED) is 0.337. The number of benzene rings is 1. The summed E-state index contributed by atoms with van der Waals surface area (Å²) < 4.78 is 47.5. The minimum absolute atomic E-state index is 0.0107. The van der Waals surface area contributed by atoms with Gasteiger partial charge in [0.1, 0.15) is 12.4 Å². The first-order valence-corrected chi connectivity index (χ1v) is 8.55. The zero-order valence-electron chi connectivity index (χ0n) is 15.3. The van der Waals surface area contributed by atoms with Gasteiger partial charge in [0.05, 0.1) is 16.7 Å². The van der Waals surface area contributed by atoms with E-state index in [1.165, 1.54) is 35.5 Å². The highest BCUT2D eigenvalue weighted by Gasteiger charge is 2.28. The molecule has 0 unspecified atom stereocenters. The first-order chi connectivity index (χ1) is 13.8. The van der Waals surface area contributed by atoms with Crippen molar-refractivity contribution in [2.75, 3.05) is 11.6 Å². The van der Waals surface area contributed by atoms with Crippen LogP contribution in [0.4, 0.5) is 19.0 Å². The van der Waals surface area contributed by atoms with Crippen molar-refractivity contribution >= 4 is 24.1 Å². The average Bonchev–Trinajstić information content (AvgIpc) is 2.70. The number of alkyl halides is 3. The van der Waals surface area contributed by atoms with Crippen LogP contribution < -0.4 is 9.75 Å². The molecule has 0 amide bonds.